The van der Waals surface area contributed by atoms with Gasteiger partial charge >= 0.3 is 0 Å². The molecular weight excluding hydrogens is 1530 g/mol. The molecule has 25 rings (SSSR count). The van der Waals surface area contributed by atoms with E-state index < -0.39 is 0 Å². The van der Waals surface area contributed by atoms with E-state index in [2.05, 4.69) is 506 Å². The Balaban J connectivity index is 0.000000101. The molecule has 0 aliphatic carbocycles. The number of hydrogen-bond donors (Lipinski definition) is 0. The molecule has 0 aliphatic rings. The fraction of sp³-hybridized carbons (Fsp3) is 0.0500. The number of para-hydroxylation sites is 7. The van der Waals surface area contributed by atoms with Crippen molar-refractivity contribution in [2.24, 2.45) is 14.1 Å². The maximum absolute atomic E-state index is 2.38. The standard InChI is InChI=1S/C37H26N2.C32H24N2.C26H21N.C25H19N/c1-38-34-19-16-26(25-10-4-2-5-11-25)22-32(34)33-24-27(17-20-35(33)38)28-18-21-37-31(23-28)30-14-8-9-15-36(30)39(37)29-12-6-3-7-13-29;1-21-8-7-9-24(18-21)34-31-13-6-4-11-26(31)28-20-23(15-17-32(28)34)22-14-16-30-27(19-22)25-10-3-5-12-29(25)33(30)2;1-18-10-12-20(13-11-18)21-14-15-26-24(17-21)23-8-3-4-9-25(23)27(26)22-7-5-6-19(2)16-22;1-18-11-13-19(14-12-18)20-15-16-25-23(17-20)22-9-5-6-10-24(22)26(25)21-7-3-2-4-8-21/h2-24H,1H3;3-20H,1-2H3;3-17H,1-2H3;2-17H,1H3. The van der Waals surface area contributed by atoms with Gasteiger partial charge in [-0.25, -0.2) is 0 Å². The van der Waals surface area contributed by atoms with Gasteiger partial charge in [0, 0.05) is 124 Å². The fourth-order valence-corrected chi connectivity index (χ4v) is 19.5. The molecule has 19 aromatic carbocycles. The SMILES string of the molecule is Cc1ccc(-c2ccc3c(c2)c2ccccc2n3-c2cccc(C)c2)cc1.Cc1ccc(-c2ccc3c(c2)c2ccccc2n3-c2ccccc2)cc1.Cc1cccc(-n2c3ccccc3c3cc(-c4ccc5c(c4)c4ccccc4n5C)ccc32)c1.Cn1c2ccc(-c3ccccc3)cc2c2cc(-c3ccc4c(c3)c3ccccc3n4-c3ccccc3)ccc21. The van der Waals surface area contributed by atoms with Gasteiger partial charge in [-0.05, 0) is 258 Å². The first-order valence-electron chi connectivity index (χ1n) is 43.5. The van der Waals surface area contributed by atoms with Gasteiger partial charge in [0.05, 0.1) is 44.1 Å². The summed E-state index contributed by atoms with van der Waals surface area (Å²) in [7, 11) is 4.31. The van der Waals surface area contributed by atoms with E-state index in [1.54, 1.807) is 0 Å². The van der Waals surface area contributed by atoms with Gasteiger partial charge in [-0.3, -0.25) is 0 Å². The summed E-state index contributed by atoms with van der Waals surface area (Å²) in [6.45, 7) is 8.55. The number of benzene rings is 19. The van der Waals surface area contributed by atoms with Crippen molar-refractivity contribution in [1.82, 2.24) is 27.4 Å². The summed E-state index contributed by atoms with van der Waals surface area (Å²) in [6.07, 6.45) is 0. The van der Waals surface area contributed by atoms with Gasteiger partial charge in [0.2, 0.25) is 0 Å². The van der Waals surface area contributed by atoms with Crippen LogP contribution >= 0.6 is 0 Å². The molecule has 0 atom stereocenters. The van der Waals surface area contributed by atoms with Crippen LogP contribution in [0.3, 0.4) is 0 Å². The number of aromatic nitrogens is 6. The van der Waals surface area contributed by atoms with Crippen LogP contribution in [0.15, 0.2) is 437 Å². The summed E-state index contributed by atoms with van der Waals surface area (Å²) in [4.78, 5) is 0. The van der Waals surface area contributed by atoms with E-state index in [0.29, 0.717) is 0 Å². The molecule has 0 aliphatic heterocycles. The van der Waals surface area contributed by atoms with Crippen molar-refractivity contribution >= 4 is 131 Å². The average molecular weight is 1620 g/mol. The van der Waals surface area contributed by atoms with Crippen LogP contribution in [-0.4, -0.2) is 27.4 Å². The highest BCUT2D eigenvalue weighted by molar-refractivity contribution is 6.16. The highest BCUT2D eigenvalue weighted by atomic mass is 15.0. The quantitative estimate of drug-likeness (QED) is 0.138. The maximum Gasteiger partial charge on any atom is 0.0541 e. The van der Waals surface area contributed by atoms with Crippen molar-refractivity contribution in [1.29, 1.82) is 0 Å². The van der Waals surface area contributed by atoms with Gasteiger partial charge in [-0.1, -0.05) is 284 Å². The largest absolute Gasteiger partial charge is 0.344 e. The average Bonchev–Trinajstić information content (AvgIpc) is 1.59. The zero-order valence-corrected chi connectivity index (χ0v) is 71.3. The van der Waals surface area contributed by atoms with Crippen LogP contribution in [-0.2, 0) is 14.1 Å². The molecule has 600 valence electrons. The van der Waals surface area contributed by atoms with Crippen molar-refractivity contribution in [3.63, 3.8) is 0 Å². The van der Waals surface area contributed by atoms with Gasteiger partial charge in [-0.15, -0.1) is 0 Å². The predicted molar refractivity (Wildman–Crippen MR) is 537 cm³/mol. The maximum atomic E-state index is 2.38. The molecule has 0 fully saturated rings. The molecule has 0 saturated heterocycles. The predicted octanol–water partition coefficient (Wildman–Crippen LogP) is 32.0. The van der Waals surface area contributed by atoms with Gasteiger partial charge in [-0.2, -0.15) is 0 Å². The molecule has 0 unspecified atom stereocenters. The third kappa shape index (κ3) is 13.6. The zero-order chi connectivity index (χ0) is 84.6. The lowest BCUT2D eigenvalue weighted by Crippen LogP contribution is -1.94. The van der Waals surface area contributed by atoms with Crippen molar-refractivity contribution in [3.8, 4) is 78.4 Å². The van der Waals surface area contributed by atoms with E-state index in [1.807, 2.05) is 0 Å². The van der Waals surface area contributed by atoms with E-state index in [1.165, 1.54) is 231 Å². The monoisotopic (exact) mass is 1610 g/mol. The highest BCUT2D eigenvalue weighted by Crippen LogP contribution is 2.43. The van der Waals surface area contributed by atoms with Crippen LogP contribution in [0.2, 0.25) is 0 Å². The minimum atomic E-state index is 1.18. The second-order valence-electron chi connectivity index (χ2n) is 33.6. The molecule has 0 amide bonds. The molecule has 126 heavy (non-hydrogen) atoms. The number of aryl methyl sites for hydroxylation is 6. The second kappa shape index (κ2) is 31.8. The highest BCUT2D eigenvalue weighted by Gasteiger charge is 2.21. The normalized spacial score (nSPS) is 11.6. The third-order valence-electron chi connectivity index (χ3n) is 25.7. The Hall–Kier alpha value is -16.0. The van der Waals surface area contributed by atoms with E-state index >= 15 is 0 Å². The number of hydrogen-bond acceptors (Lipinski definition) is 0. The lowest BCUT2D eigenvalue weighted by atomic mass is 9.99. The third-order valence-corrected chi connectivity index (χ3v) is 25.7. The Morgan fingerprint density at radius 1 is 0.127 bits per heavy atom. The molecular formula is C120H90N6. The Morgan fingerprint density at radius 2 is 0.325 bits per heavy atom. The van der Waals surface area contributed by atoms with Crippen LogP contribution < -0.4 is 0 Å². The molecule has 6 nitrogen and oxygen atoms in total. The Labute approximate surface area is 732 Å². The van der Waals surface area contributed by atoms with Crippen molar-refractivity contribution < 1.29 is 0 Å². The van der Waals surface area contributed by atoms with Gasteiger partial charge in [0.25, 0.3) is 0 Å². The first kappa shape index (κ1) is 76.1. The van der Waals surface area contributed by atoms with Crippen molar-refractivity contribution in [2.45, 2.75) is 27.7 Å². The summed E-state index contributed by atoms with van der Waals surface area (Å²) in [5.74, 6) is 0. The Bertz CT molecular complexity index is 8500. The van der Waals surface area contributed by atoms with Gasteiger partial charge in [0.1, 0.15) is 0 Å². The van der Waals surface area contributed by atoms with Crippen LogP contribution in [0.1, 0.15) is 22.3 Å². The number of rotatable bonds is 9. The van der Waals surface area contributed by atoms with Crippen LogP contribution in [0.25, 0.3) is 209 Å². The smallest absolute Gasteiger partial charge is 0.0541 e. The summed E-state index contributed by atoms with van der Waals surface area (Å²) >= 11 is 0. The molecule has 0 saturated carbocycles. The zero-order valence-electron chi connectivity index (χ0n) is 71.3. The van der Waals surface area contributed by atoms with E-state index in [0.717, 1.165) is 0 Å². The molecule has 0 N–H and O–H groups in total. The van der Waals surface area contributed by atoms with Crippen LogP contribution in [0, 0.1) is 27.7 Å². The van der Waals surface area contributed by atoms with E-state index in [4.69, 9.17) is 0 Å². The summed E-state index contributed by atoms with van der Waals surface area (Å²) < 4.78 is 14.1. The number of fused-ring (bicyclic) bond motifs is 18. The minimum Gasteiger partial charge on any atom is -0.344 e. The molecule has 0 spiro atoms. The van der Waals surface area contributed by atoms with Gasteiger partial charge in [0.15, 0.2) is 0 Å². The van der Waals surface area contributed by atoms with E-state index in [9.17, 15) is 0 Å². The lowest BCUT2D eigenvalue weighted by Gasteiger charge is -2.09. The Kier molecular flexibility index (Phi) is 19.2. The Morgan fingerprint density at radius 3 is 0.635 bits per heavy atom. The first-order valence-corrected chi connectivity index (χ1v) is 43.5. The topological polar surface area (TPSA) is 29.6 Å². The molecule has 6 aromatic heterocycles. The van der Waals surface area contributed by atoms with Crippen molar-refractivity contribution in [3.05, 3.63) is 459 Å². The van der Waals surface area contributed by atoms with Gasteiger partial charge < -0.3 is 27.4 Å². The molecule has 0 bridgehead atoms. The molecule has 25 aromatic rings. The summed E-state index contributed by atoms with van der Waals surface area (Å²) in [5, 5.41) is 15.5. The molecule has 6 heterocycles. The minimum absolute atomic E-state index is 1.18. The fourth-order valence-electron chi connectivity index (χ4n) is 19.5. The summed E-state index contributed by atoms with van der Waals surface area (Å²) in [6, 6.07) is 158. The van der Waals surface area contributed by atoms with Crippen molar-refractivity contribution in [2.75, 3.05) is 0 Å². The first-order chi connectivity index (χ1) is 62.0. The molecule has 0 radical (unpaired) electrons. The van der Waals surface area contributed by atoms with E-state index in [-0.39, 0.29) is 0 Å². The summed E-state index contributed by atoms with van der Waals surface area (Å²) in [5.41, 5.74) is 37.4. The van der Waals surface area contributed by atoms with Crippen LogP contribution in [0.5, 0.6) is 0 Å². The number of nitrogens with zero attached hydrogens (tertiary/aromatic N) is 6. The second-order valence-corrected chi connectivity index (χ2v) is 33.6. The van der Waals surface area contributed by atoms with Crippen LogP contribution in [0.4, 0.5) is 0 Å². The molecule has 6 heteroatoms. The lowest BCUT2D eigenvalue weighted by molar-refractivity contribution is 1.01.